The number of pyridine rings is 1. The summed E-state index contributed by atoms with van der Waals surface area (Å²) in [7, 11) is 0. The predicted molar refractivity (Wildman–Crippen MR) is 101 cm³/mol. The van der Waals surface area contributed by atoms with E-state index in [1.165, 1.54) is 0 Å². The van der Waals surface area contributed by atoms with Gasteiger partial charge >= 0.3 is 6.18 Å². The molecule has 2 bridgehead atoms. The second-order valence-electron chi connectivity index (χ2n) is 7.62. The molecule has 0 spiro atoms. The number of aromatic nitrogens is 1. The number of carbonyl (C=O) groups excluding carboxylic acids is 1. The van der Waals surface area contributed by atoms with Crippen molar-refractivity contribution >= 4 is 5.91 Å². The second-order valence-corrected chi connectivity index (χ2v) is 7.62. The molecule has 3 fully saturated rings. The van der Waals surface area contributed by atoms with Crippen molar-refractivity contribution in [3.8, 4) is 11.6 Å². The Morgan fingerprint density at radius 2 is 1.86 bits per heavy atom. The number of rotatable bonds is 4. The van der Waals surface area contributed by atoms with Crippen molar-refractivity contribution in [3.63, 3.8) is 0 Å². The minimum Gasteiger partial charge on any atom is -0.439 e. The third-order valence-electron chi connectivity index (χ3n) is 5.88. The summed E-state index contributed by atoms with van der Waals surface area (Å²) in [5.41, 5.74) is -0.344. The Hall–Kier alpha value is -2.61. The van der Waals surface area contributed by atoms with Gasteiger partial charge in [0.2, 0.25) is 5.88 Å². The summed E-state index contributed by atoms with van der Waals surface area (Å²) in [5.74, 6) is 0.510. The minimum atomic E-state index is -4.46. The van der Waals surface area contributed by atoms with Crippen molar-refractivity contribution in [3.05, 3.63) is 53.7 Å². The van der Waals surface area contributed by atoms with Crippen LogP contribution in [0.4, 0.5) is 13.2 Å². The van der Waals surface area contributed by atoms with E-state index in [1.807, 2.05) is 0 Å². The van der Waals surface area contributed by atoms with Crippen LogP contribution in [0.2, 0.25) is 0 Å². The fourth-order valence-electron chi connectivity index (χ4n) is 4.22. The number of carbonyl (C=O) groups is 1. The molecule has 1 aromatic carbocycles. The zero-order valence-corrected chi connectivity index (χ0v) is 15.9. The zero-order chi connectivity index (χ0) is 20.6. The molecule has 3 aliphatic heterocycles. The third-order valence-corrected chi connectivity index (χ3v) is 5.88. The minimum absolute atomic E-state index is 0.134. The summed E-state index contributed by atoms with van der Waals surface area (Å²) in [6.07, 6.45) is -1.21. The van der Waals surface area contributed by atoms with Crippen LogP contribution in [0, 0.1) is 5.92 Å². The number of hydrogen-bond acceptors (Lipinski definition) is 4. The van der Waals surface area contributed by atoms with Gasteiger partial charge in [0.15, 0.2) is 0 Å². The first-order valence-corrected chi connectivity index (χ1v) is 9.67. The van der Waals surface area contributed by atoms with E-state index in [-0.39, 0.29) is 17.8 Å². The van der Waals surface area contributed by atoms with E-state index < -0.39 is 11.7 Å². The zero-order valence-electron chi connectivity index (χ0n) is 15.9. The molecule has 0 aliphatic carbocycles. The largest absolute Gasteiger partial charge is 0.439 e. The van der Waals surface area contributed by atoms with Gasteiger partial charge in [-0.2, -0.15) is 13.2 Å². The maximum absolute atomic E-state index is 12.8. The Bertz CT molecular complexity index is 875. The van der Waals surface area contributed by atoms with Crippen molar-refractivity contribution in [1.82, 2.24) is 15.2 Å². The van der Waals surface area contributed by atoms with Crippen LogP contribution in [0.3, 0.4) is 0 Å². The van der Waals surface area contributed by atoms with Crippen LogP contribution in [0.1, 0.15) is 35.7 Å². The van der Waals surface area contributed by atoms with Crippen LogP contribution in [0.15, 0.2) is 42.6 Å². The first-order chi connectivity index (χ1) is 13.8. The molecule has 2 atom stereocenters. The Balaban J connectivity index is 1.41. The molecule has 1 N–H and O–H groups in total. The van der Waals surface area contributed by atoms with Crippen LogP contribution < -0.4 is 10.1 Å². The van der Waals surface area contributed by atoms with E-state index >= 15 is 0 Å². The Morgan fingerprint density at radius 1 is 1.17 bits per heavy atom. The average molecular weight is 405 g/mol. The van der Waals surface area contributed by atoms with Gasteiger partial charge in [-0.25, -0.2) is 4.98 Å². The van der Waals surface area contributed by atoms with E-state index in [0.29, 0.717) is 23.3 Å². The lowest BCUT2D eigenvalue weighted by molar-refractivity contribution is -0.137. The Morgan fingerprint density at radius 3 is 2.48 bits per heavy atom. The predicted octanol–water partition coefficient (Wildman–Crippen LogP) is 4.11. The number of alkyl halides is 3. The molecular formula is C21H22F3N3O2. The number of amides is 1. The van der Waals surface area contributed by atoms with Crippen LogP contribution in [-0.2, 0) is 6.18 Å². The van der Waals surface area contributed by atoms with Crippen molar-refractivity contribution in [2.45, 2.75) is 38.0 Å². The summed E-state index contributed by atoms with van der Waals surface area (Å²) in [6.45, 7) is 4.33. The molecule has 8 heteroatoms. The third kappa shape index (κ3) is 4.22. The summed E-state index contributed by atoms with van der Waals surface area (Å²) < 4.78 is 43.8. The summed E-state index contributed by atoms with van der Waals surface area (Å²) >= 11 is 0. The average Bonchev–Trinajstić information content (AvgIpc) is 2.71. The first kappa shape index (κ1) is 19.7. The Kier molecular flexibility index (Phi) is 5.21. The first-order valence-electron chi connectivity index (χ1n) is 9.67. The fraction of sp³-hybridized carbons (Fsp3) is 0.429. The van der Waals surface area contributed by atoms with Gasteiger partial charge in [-0.3, -0.25) is 9.69 Å². The lowest BCUT2D eigenvalue weighted by Gasteiger charge is -2.49. The van der Waals surface area contributed by atoms with Crippen molar-refractivity contribution < 1.29 is 22.7 Å². The van der Waals surface area contributed by atoms with Crippen molar-refractivity contribution in [2.24, 2.45) is 5.92 Å². The fourth-order valence-corrected chi connectivity index (χ4v) is 4.22. The van der Waals surface area contributed by atoms with E-state index in [2.05, 4.69) is 22.1 Å². The molecule has 154 valence electrons. The highest BCUT2D eigenvalue weighted by Crippen LogP contribution is 2.33. The van der Waals surface area contributed by atoms with Crippen molar-refractivity contribution in [1.29, 1.82) is 0 Å². The smallest absolute Gasteiger partial charge is 0.416 e. The van der Waals surface area contributed by atoms with Gasteiger partial charge < -0.3 is 10.1 Å². The SMILES string of the molecule is CC1C(NC(=O)c2ccc(Oc3cc(C(F)(F)F)ccn3)cc2)C2CCN1CC2. The van der Waals surface area contributed by atoms with Crippen molar-refractivity contribution in [2.75, 3.05) is 13.1 Å². The molecule has 5 nitrogen and oxygen atoms in total. The highest BCUT2D eigenvalue weighted by molar-refractivity contribution is 5.94. The number of hydrogen-bond donors (Lipinski definition) is 1. The van der Waals surface area contributed by atoms with Crippen LogP contribution >= 0.6 is 0 Å². The molecule has 29 heavy (non-hydrogen) atoms. The van der Waals surface area contributed by atoms with Gasteiger partial charge in [-0.1, -0.05) is 0 Å². The summed E-state index contributed by atoms with van der Waals surface area (Å²) in [6, 6.07) is 8.49. The van der Waals surface area contributed by atoms with Gasteiger partial charge in [0.1, 0.15) is 5.75 Å². The number of piperidine rings is 3. The quantitative estimate of drug-likeness (QED) is 0.832. The number of halogens is 3. The molecule has 0 saturated carbocycles. The molecule has 2 aromatic rings. The molecule has 0 radical (unpaired) electrons. The second kappa shape index (κ2) is 7.67. The molecular weight excluding hydrogens is 383 g/mol. The van der Waals surface area contributed by atoms with Gasteiger partial charge in [-0.15, -0.1) is 0 Å². The maximum atomic E-state index is 12.8. The number of nitrogens with zero attached hydrogens (tertiary/aromatic N) is 2. The topological polar surface area (TPSA) is 54.5 Å². The van der Waals surface area contributed by atoms with Gasteiger partial charge in [-0.05, 0) is 69.1 Å². The number of fused-ring (bicyclic) bond motifs is 3. The molecule has 3 aliphatic rings. The number of benzene rings is 1. The molecule has 1 amide bonds. The van der Waals surface area contributed by atoms with Crippen LogP contribution in [0.25, 0.3) is 0 Å². The molecule has 2 unspecified atom stereocenters. The monoisotopic (exact) mass is 405 g/mol. The summed E-state index contributed by atoms with van der Waals surface area (Å²) in [5, 5.41) is 3.15. The maximum Gasteiger partial charge on any atom is 0.416 e. The molecule has 5 rings (SSSR count). The van der Waals surface area contributed by atoms with Gasteiger partial charge in [0, 0.05) is 29.9 Å². The highest BCUT2D eigenvalue weighted by atomic mass is 19.4. The lowest BCUT2D eigenvalue weighted by atomic mass is 9.79. The molecule has 1 aromatic heterocycles. The van der Waals surface area contributed by atoms with E-state index in [4.69, 9.17) is 4.74 Å². The van der Waals surface area contributed by atoms with Gasteiger partial charge in [0.25, 0.3) is 5.91 Å². The summed E-state index contributed by atoms with van der Waals surface area (Å²) in [4.78, 5) is 18.9. The van der Waals surface area contributed by atoms with E-state index in [1.54, 1.807) is 24.3 Å². The van der Waals surface area contributed by atoms with Gasteiger partial charge in [0.05, 0.1) is 5.56 Å². The van der Waals surface area contributed by atoms with E-state index in [0.717, 1.165) is 44.3 Å². The number of ether oxygens (including phenoxy) is 1. The number of nitrogens with one attached hydrogen (secondary N) is 1. The van der Waals surface area contributed by atoms with E-state index in [9.17, 15) is 18.0 Å². The normalized spacial score (nSPS) is 26.2. The Labute approximate surface area is 166 Å². The standard InChI is InChI=1S/C21H22F3N3O2/c1-13-19(14-7-10-27(13)11-8-14)26-20(28)15-2-4-17(5-3-15)29-18-12-16(6-9-25-18)21(22,23)24/h2-6,9,12-14,19H,7-8,10-11H2,1H3,(H,26,28). The van der Waals surface area contributed by atoms with Crippen LogP contribution in [0.5, 0.6) is 11.6 Å². The lowest BCUT2D eigenvalue weighted by Crippen LogP contribution is -2.62. The molecule has 4 heterocycles. The highest BCUT2D eigenvalue weighted by Gasteiger charge is 2.40. The molecule has 3 saturated heterocycles. The van der Waals surface area contributed by atoms with Crippen LogP contribution in [-0.4, -0.2) is 41.0 Å².